The van der Waals surface area contributed by atoms with Crippen molar-refractivity contribution in [2.75, 3.05) is 13.7 Å². The molecular formula is C22H22O5. The van der Waals surface area contributed by atoms with Crippen LogP contribution in [0.4, 0.5) is 0 Å². The van der Waals surface area contributed by atoms with Gasteiger partial charge < -0.3 is 19.7 Å². The van der Waals surface area contributed by atoms with Gasteiger partial charge >= 0.3 is 0 Å². The van der Waals surface area contributed by atoms with Gasteiger partial charge in [-0.3, -0.25) is 4.79 Å². The predicted molar refractivity (Wildman–Crippen MR) is 106 cm³/mol. The predicted octanol–water partition coefficient (Wildman–Crippen LogP) is 4.30. The normalized spacial score (nSPS) is 10.6. The molecule has 0 saturated heterocycles. The van der Waals surface area contributed by atoms with E-state index in [1.54, 1.807) is 30.4 Å². The molecule has 0 saturated carbocycles. The van der Waals surface area contributed by atoms with Gasteiger partial charge in [0.15, 0.2) is 5.78 Å². The molecule has 0 radical (unpaired) electrons. The fraction of sp³-hybridized carbons (Fsp3) is 0.136. The van der Waals surface area contributed by atoms with Gasteiger partial charge in [-0.05, 0) is 42.3 Å². The highest BCUT2D eigenvalue weighted by atomic mass is 16.5. The van der Waals surface area contributed by atoms with E-state index in [4.69, 9.17) is 9.47 Å². The summed E-state index contributed by atoms with van der Waals surface area (Å²) in [5.41, 5.74) is 1.46. The molecule has 2 aromatic rings. The van der Waals surface area contributed by atoms with Crippen molar-refractivity contribution in [3.05, 3.63) is 78.4 Å². The van der Waals surface area contributed by atoms with E-state index in [0.717, 1.165) is 0 Å². The van der Waals surface area contributed by atoms with Crippen LogP contribution in [0.15, 0.2) is 61.7 Å². The molecule has 0 aliphatic heterocycles. The molecule has 0 aromatic heterocycles. The summed E-state index contributed by atoms with van der Waals surface area (Å²) in [6.07, 6.45) is 6.66. The number of benzene rings is 2. The monoisotopic (exact) mass is 366 g/mol. The lowest BCUT2D eigenvalue weighted by Gasteiger charge is -2.09. The van der Waals surface area contributed by atoms with Gasteiger partial charge in [0, 0.05) is 17.7 Å². The Bertz CT molecular complexity index is 881. The van der Waals surface area contributed by atoms with Crippen molar-refractivity contribution in [3.8, 4) is 23.0 Å². The van der Waals surface area contributed by atoms with Crippen LogP contribution in [0.2, 0.25) is 0 Å². The Morgan fingerprint density at radius 1 is 1.11 bits per heavy atom. The van der Waals surface area contributed by atoms with Gasteiger partial charge in [0.2, 0.25) is 0 Å². The summed E-state index contributed by atoms with van der Waals surface area (Å²) < 4.78 is 10.6. The van der Waals surface area contributed by atoms with Crippen molar-refractivity contribution in [2.24, 2.45) is 0 Å². The highest BCUT2D eigenvalue weighted by Crippen LogP contribution is 2.30. The van der Waals surface area contributed by atoms with Crippen LogP contribution in [-0.2, 0) is 6.42 Å². The van der Waals surface area contributed by atoms with Gasteiger partial charge in [0.25, 0.3) is 0 Å². The van der Waals surface area contributed by atoms with Crippen molar-refractivity contribution in [2.45, 2.75) is 6.42 Å². The van der Waals surface area contributed by atoms with Gasteiger partial charge in [-0.15, -0.1) is 6.58 Å². The van der Waals surface area contributed by atoms with Crippen molar-refractivity contribution in [3.63, 3.8) is 0 Å². The number of ketones is 1. The number of phenolic OH excluding ortho intramolecular Hbond substituents is 2. The Kier molecular flexibility index (Phi) is 6.83. The number of phenols is 2. The number of methoxy groups -OCH3 is 1. The number of hydrogen-bond donors (Lipinski definition) is 2. The summed E-state index contributed by atoms with van der Waals surface area (Å²) in [4.78, 5) is 12.4. The molecule has 0 heterocycles. The lowest BCUT2D eigenvalue weighted by atomic mass is 10.0. The number of hydrogen-bond acceptors (Lipinski definition) is 5. The molecular weight excluding hydrogens is 344 g/mol. The molecule has 5 nitrogen and oxygen atoms in total. The van der Waals surface area contributed by atoms with Gasteiger partial charge in [0.05, 0.1) is 12.7 Å². The molecule has 0 aliphatic rings. The molecule has 140 valence electrons. The fourth-order valence-corrected chi connectivity index (χ4v) is 2.48. The van der Waals surface area contributed by atoms with Crippen molar-refractivity contribution < 1.29 is 24.5 Å². The van der Waals surface area contributed by atoms with E-state index in [1.807, 2.05) is 0 Å². The molecule has 5 heteroatoms. The second kappa shape index (κ2) is 9.29. The van der Waals surface area contributed by atoms with Crippen LogP contribution in [0.25, 0.3) is 6.08 Å². The summed E-state index contributed by atoms with van der Waals surface area (Å²) in [6, 6.07) is 7.71. The maximum Gasteiger partial charge on any atom is 0.189 e. The Morgan fingerprint density at radius 3 is 2.52 bits per heavy atom. The third kappa shape index (κ3) is 5.01. The topological polar surface area (TPSA) is 76.0 Å². The molecule has 27 heavy (non-hydrogen) atoms. The standard InChI is InChI=1S/C22H22O5/c1-4-6-15-12-16(22(26-3)14-20(15)24)7-10-19(23)18-9-8-17(13-21(18)25)27-11-5-2/h4-5,7-10,12-14,24-25H,1-2,6,11H2,3H3/b10-7+. The number of allylic oxidation sites excluding steroid dienone is 2. The van der Waals surface area contributed by atoms with E-state index in [0.29, 0.717) is 35.7 Å². The summed E-state index contributed by atoms with van der Waals surface area (Å²) in [5, 5.41) is 20.1. The van der Waals surface area contributed by atoms with Crippen molar-refractivity contribution in [1.29, 1.82) is 0 Å². The first-order valence-corrected chi connectivity index (χ1v) is 8.30. The van der Waals surface area contributed by atoms with Crippen LogP contribution in [0.3, 0.4) is 0 Å². The molecule has 2 aromatic carbocycles. The highest BCUT2D eigenvalue weighted by Gasteiger charge is 2.11. The van der Waals surface area contributed by atoms with E-state index in [9.17, 15) is 15.0 Å². The lowest BCUT2D eigenvalue weighted by molar-refractivity contribution is 0.104. The lowest BCUT2D eigenvalue weighted by Crippen LogP contribution is -1.98. The van der Waals surface area contributed by atoms with E-state index in [-0.39, 0.29) is 22.8 Å². The largest absolute Gasteiger partial charge is 0.508 e. The van der Waals surface area contributed by atoms with Crippen LogP contribution in [0, 0.1) is 0 Å². The van der Waals surface area contributed by atoms with Crippen LogP contribution >= 0.6 is 0 Å². The Morgan fingerprint density at radius 2 is 1.89 bits per heavy atom. The Hall–Kier alpha value is -3.47. The molecule has 0 amide bonds. The van der Waals surface area contributed by atoms with Gasteiger partial charge in [-0.25, -0.2) is 0 Å². The molecule has 0 fully saturated rings. The van der Waals surface area contributed by atoms with Gasteiger partial charge in [-0.1, -0.05) is 18.7 Å². The average Bonchev–Trinajstić information content (AvgIpc) is 2.66. The first-order chi connectivity index (χ1) is 13.0. The second-order valence-electron chi connectivity index (χ2n) is 5.69. The minimum atomic E-state index is -0.372. The summed E-state index contributed by atoms with van der Waals surface area (Å²) in [7, 11) is 1.48. The zero-order valence-electron chi connectivity index (χ0n) is 15.1. The van der Waals surface area contributed by atoms with Crippen LogP contribution in [0.1, 0.15) is 21.5 Å². The zero-order chi connectivity index (χ0) is 19.8. The quantitative estimate of drug-likeness (QED) is 0.393. The van der Waals surface area contributed by atoms with Crippen molar-refractivity contribution in [1.82, 2.24) is 0 Å². The van der Waals surface area contributed by atoms with Crippen LogP contribution < -0.4 is 9.47 Å². The highest BCUT2D eigenvalue weighted by molar-refractivity contribution is 6.08. The van der Waals surface area contributed by atoms with E-state index in [1.165, 1.54) is 31.4 Å². The molecule has 0 aliphatic carbocycles. The first-order valence-electron chi connectivity index (χ1n) is 8.30. The number of carbonyl (C=O) groups is 1. The SMILES string of the molecule is C=CCOc1ccc(C(=O)/C=C/c2cc(CC=C)c(O)cc2OC)c(O)c1. The van der Waals surface area contributed by atoms with E-state index >= 15 is 0 Å². The summed E-state index contributed by atoms with van der Waals surface area (Å²) in [5.74, 6) is 0.436. The number of ether oxygens (including phenoxy) is 2. The zero-order valence-corrected chi connectivity index (χ0v) is 15.1. The van der Waals surface area contributed by atoms with Gasteiger partial charge in [-0.2, -0.15) is 0 Å². The fourth-order valence-electron chi connectivity index (χ4n) is 2.48. The van der Waals surface area contributed by atoms with E-state index in [2.05, 4.69) is 13.2 Å². The molecule has 2 N–H and O–H groups in total. The molecule has 0 bridgehead atoms. The van der Waals surface area contributed by atoms with Gasteiger partial charge in [0.1, 0.15) is 29.6 Å². The molecule has 0 unspecified atom stereocenters. The maximum atomic E-state index is 12.4. The minimum Gasteiger partial charge on any atom is -0.508 e. The van der Waals surface area contributed by atoms with Crippen LogP contribution in [-0.4, -0.2) is 29.7 Å². The second-order valence-corrected chi connectivity index (χ2v) is 5.69. The third-order valence-corrected chi connectivity index (χ3v) is 3.81. The van der Waals surface area contributed by atoms with Crippen molar-refractivity contribution >= 4 is 11.9 Å². The van der Waals surface area contributed by atoms with E-state index < -0.39 is 0 Å². The summed E-state index contributed by atoms with van der Waals surface area (Å²) >= 11 is 0. The summed E-state index contributed by atoms with van der Waals surface area (Å²) in [6.45, 7) is 7.52. The Labute approximate surface area is 158 Å². The molecule has 0 atom stereocenters. The number of aromatic hydroxyl groups is 2. The smallest absolute Gasteiger partial charge is 0.189 e. The Balaban J connectivity index is 2.27. The minimum absolute atomic E-state index is 0.1000. The number of rotatable bonds is 9. The molecule has 2 rings (SSSR count). The number of carbonyl (C=O) groups excluding carboxylic acids is 1. The average molecular weight is 366 g/mol. The first kappa shape index (κ1) is 19.8. The third-order valence-electron chi connectivity index (χ3n) is 3.81. The van der Waals surface area contributed by atoms with Crippen LogP contribution in [0.5, 0.6) is 23.0 Å². The maximum absolute atomic E-state index is 12.4. The molecule has 0 spiro atoms.